The average molecular weight is 184 g/mol. The first-order valence-electron chi connectivity index (χ1n) is 4.18. The van der Waals surface area contributed by atoms with Crippen LogP contribution >= 0.6 is 0 Å². The van der Waals surface area contributed by atoms with Crippen molar-refractivity contribution in [3.8, 4) is 0 Å². The Morgan fingerprint density at radius 1 is 1.14 bits per heavy atom. The zero-order valence-electron chi connectivity index (χ0n) is 7.40. The third-order valence-electron chi connectivity index (χ3n) is 2.09. The minimum Gasteiger partial charge on any atom is -0.397 e. The molecule has 14 heavy (non-hydrogen) atoms. The van der Waals surface area contributed by atoms with Gasteiger partial charge in [-0.05, 0) is 11.5 Å². The topological polar surface area (TPSA) is 55.4 Å². The van der Waals surface area contributed by atoms with Gasteiger partial charge in [0.25, 0.3) is 0 Å². The van der Waals surface area contributed by atoms with Crippen molar-refractivity contribution < 1.29 is 4.79 Å². The Morgan fingerprint density at radius 3 is 2.71 bits per heavy atom. The van der Waals surface area contributed by atoms with Gasteiger partial charge in [0.05, 0.1) is 5.69 Å². The molecule has 2 N–H and O–H groups in total. The summed E-state index contributed by atoms with van der Waals surface area (Å²) in [5, 5.41) is 1.88. The molecule has 0 atom stereocenters. The maximum absolute atomic E-state index is 10.2. The summed E-state index contributed by atoms with van der Waals surface area (Å²) in [6, 6.07) is 11.3. The van der Waals surface area contributed by atoms with Crippen LogP contribution in [0.3, 0.4) is 0 Å². The zero-order valence-corrected chi connectivity index (χ0v) is 7.40. The lowest BCUT2D eigenvalue weighted by Gasteiger charge is -2.02. The number of fused-ring (bicyclic) bond motifs is 1. The molecule has 68 valence electrons. The minimum atomic E-state index is 0.493. The molecule has 0 aliphatic carbocycles. The highest BCUT2D eigenvalue weighted by Gasteiger charge is 2.02. The van der Waals surface area contributed by atoms with Gasteiger partial charge >= 0.3 is 0 Å². The van der Waals surface area contributed by atoms with Crippen LogP contribution in [0.5, 0.6) is 0 Å². The Bertz CT molecular complexity index is 528. The predicted molar refractivity (Wildman–Crippen MR) is 56.1 cm³/mol. The second-order valence-corrected chi connectivity index (χ2v) is 2.93. The maximum Gasteiger partial charge on any atom is 0.240 e. The molecule has 3 heteroatoms. The van der Waals surface area contributed by atoms with Crippen LogP contribution in [0.4, 0.5) is 11.4 Å². The smallest absolute Gasteiger partial charge is 0.240 e. The van der Waals surface area contributed by atoms with E-state index in [4.69, 9.17) is 5.73 Å². The van der Waals surface area contributed by atoms with Gasteiger partial charge in [-0.1, -0.05) is 30.3 Å². The van der Waals surface area contributed by atoms with Gasteiger partial charge in [0, 0.05) is 5.39 Å². The molecule has 0 aromatic heterocycles. The van der Waals surface area contributed by atoms with Crippen LogP contribution in [0.2, 0.25) is 0 Å². The fourth-order valence-electron chi connectivity index (χ4n) is 1.44. The van der Waals surface area contributed by atoms with Gasteiger partial charge in [0.1, 0.15) is 5.69 Å². The third kappa shape index (κ3) is 1.26. The van der Waals surface area contributed by atoms with Gasteiger partial charge in [-0.15, -0.1) is 0 Å². The first kappa shape index (κ1) is 8.48. The molecule has 2 aromatic carbocycles. The second kappa shape index (κ2) is 3.32. The molecule has 0 amide bonds. The van der Waals surface area contributed by atoms with Crippen molar-refractivity contribution in [2.75, 3.05) is 5.73 Å². The summed E-state index contributed by atoms with van der Waals surface area (Å²) in [6.07, 6.45) is 1.51. The predicted octanol–water partition coefficient (Wildman–Crippen LogP) is 2.39. The molecule has 2 rings (SSSR count). The van der Waals surface area contributed by atoms with Crippen LogP contribution in [0.25, 0.3) is 10.8 Å². The Balaban J connectivity index is 2.89. The SMILES string of the molecule is Nc1ccc2ccccc2c1N=C=O. The van der Waals surface area contributed by atoms with Gasteiger partial charge in [0.15, 0.2) is 0 Å². The van der Waals surface area contributed by atoms with E-state index in [1.54, 1.807) is 6.07 Å². The number of isocyanates is 1. The van der Waals surface area contributed by atoms with Crippen molar-refractivity contribution in [2.45, 2.75) is 0 Å². The minimum absolute atomic E-state index is 0.493. The van der Waals surface area contributed by atoms with Gasteiger partial charge < -0.3 is 5.73 Å². The van der Waals surface area contributed by atoms with Crippen LogP contribution < -0.4 is 5.73 Å². The number of aliphatic imine (C=N–C) groups is 1. The lowest BCUT2D eigenvalue weighted by Crippen LogP contribution is -1.85. The standard InChI is InChI=1S/C11H8N2O/c12-10-6-5-8-3-1-2-4-9(8)11(10)13-7-14/h1-6H,12H2. The number of carbonyl (C=O) groups excluding carboxylic acids is 1. The van der Waals surface area contributed by atoms with Crippen molar-refractivity contribution >= 4 is 28.2 Å². The van der Waals surface area contributed by atoms with Gasteiger partial charge in [0.2, 0.25) is 6.08 Å². The first-order valence-corrected chi connectivity index (χ1v) is 4.18. The third-order valence-corrected chi connectivity index (χ3v) is 2.09. The Hall–Kier alpha value is -2.12. The van der Waals surface area contributed by atoms with Crippen LogP contribution in [-0.4, -0.2) is 6.08 Å². The average Bonchev–Trinajstić information content (AvgIpc) is 2.23. The number of nitrogens with two attached hydrogens (primary N) is 1. The number of anilines is 1. The van der Waals surface area contributed by atoms with E-state index in [1.165, 1.54) is 6.08 Å². The molecule has 0 saturated heterocycles. The van der Waals surface area contributed by atoms with Crippen molar-refractivity contribution in [1.29, 1.82) is 0 Å². The van der Waals surface area contributed by atoms with E-state index in [2.05, 4.69) is 4.99 Å². The van der Waals surface area contributed by atoms with Crippen molar-refractivity contribution in [1.82, 2.24) is 0 Å². The van der Waals surface area contributed by atoms with E-state index in [-0.39, 0.29) is 0 Å². The second-order valence-electron chi connectivity index (χ2n) is 2.93. The molecule has 0 heterocycles. The van der Waals surface area contributed by atoms with Crippen molar-refractivity contribution in [3.05, 3.63) is 36.4 Å². The van der Waals surface area contributed by atoms with Crippen LogP contribution in [-0.2, 0) is 4.79 Å². The van der Waals surface area contributed by atoms with E-state index in [1.807, 2.05) is 30.3 Å². The molecule has 0 aliphatic rings. The molecule has 0 spiro atoms. The number of hydrogen-bond acceptors (Lipinski definition) is 3. The van der Waals surface area contributed by atoms with Crippen molar-refractivity contribution in [3.63, 3.8) is 0 Å². The first-order chi connectivity index (χ1) is 6.83. The Kier molecular flexibility index (Phi) is 2.01. The molecule has 0 aliphatic heterocycles. The molecule has 0 bridgehead atoms. The lowest BCUT2D eigenvalue weighted by atomic mass is 10.1. The highest BCUT2D eigenvalue weighted by atomic mass is 16.1. The van der Waals surface area contributed by atoms with Crippen LogP contribution in [0.1, 0.15) is 0 Å². The van der Waals surface area contributed by atoms with Crippen LogP contribution in [0, 0.1) is 0 Å². The Labute approximate surface area is 80.9 Å². The molecular weight excluding hydrogens is 176 g/mol. The lowest BCUT2D eigenvalue weighted by molar-refractivity contribution is 0.565. The van der Waals surface area contributed by atoms with E-state index in [9.17, 15) is 4.79 Å². The summed E-state index contributed by atoms with van der Waals surface area (Å²) in [7, 11) is 0. The fraction of sp³-hybridized carbons (Fsp3) is 0. The fourth-order valence-corrected chi connectivity index (χ4v) is 1.44. The van der Waals surface area contributed by atoms with Gasteiger partial charge in [-0.2, -0.15) is 4.99 Å². The van der Waals surface area contributed by atoms with Crippen LogP contribution in [0.15, 0.2) is 41.4 Å². The summed E-state index contributed by atoms with van der Waals surface area (Å²) in [4.78, 5) is 13.8. The summed E-state index contributed by atoms with van der Waals surface area (Å²) in [6.45, 7) is 0. The molecule has 2 aromatic rings. The highest BCUT2D eigenvalue weighted by Crippen LogP contribution is 2.31. The van der Waals surface area contributed by atoms with Gasteiger partial charge in [-0.25, -0.2) is 4.79 Å². The number of rotatable bonds is 1. The summed E-state index contributed by atoms with van der Waals surface area (Å²) < 4.78 is 0. The van der Waals surface area contributed by atoms with E-state index < -0.39 is 0 Å². The summed E-state index contributed by atoms with van der Waals surface area (Å²) in [5.41, 5.74) is 6.69. The highest BCUT2D eigenvalue weighted by molar-refractivity contribution is 5.98. The summed E-state index contributed by atoms with van der Waals surface area (Å²) in [5.74, 6) is 0. The quantitative estimate of drug-likeness (QED) is 0.420. The normalized spacial score (nSPS) is 9.71. The van der Waals surface area contributed by atoms with E-state index >= 15 is 0 Å². The summed E-state index contributed by atoms with van der Waals surface area (Å²) >= 11 is 0. The zero-order chi connectivity index (χ0) is 9.97. The largest absolute Gasteiger partial charge is 0.397 e. The number of nitrogen functional groups attached to an aromatic ring is 1. The number of benzene rings is 2. The molecule has 0 unspecified atom stereocenters. The molecule has 3 nitrogen and oxygen atoms in total. The van der Waals surface area contributed by atoms with E-state index in [0.717, 1.165) is 10.8 Å². The molecule has 0 saturated carbocycles. The molecule has 0 radical (unpaired) electrons. The maximum atomic E-state index is 10.2. The Morgan fingerprint density at radius 2 is 1.93 bits per heavy atom. The monoisotopic (exact) mass is 184 g/mol. The van der Waals surface area contributed by atoms with Gasteiger partial charge in [-0.3, -0.25) is 0 Å². The number of nitrogens with zero attached hydrogens (tertiary/aromatic N) is 1. The van der Waals surface area contributed by atoms with Crippen molar-refractivity contribution in [2.24, 2.45) is 4.99 Å². The van der Waals surface area contributed by atoms with E-state index in [0.29, 0.717) is 11.4 Å². The molecule has 0 fully saturated rings. The molecular formula is C11H8N2O. The number of hydrogen-bond donors (Lipinski definition) is 1.